The zero-order valence-corrected chi connectivity index (χ0v) is 16.8. The number of aryl methyl sites for hydroxylation is 1. The number of H-pyrrole nitrogens is 1. The van der Waals surface area contributed by atoms with Gasteiger partial charge in [0.05, 0.1) is 0 Å². The number of anilines is 1. The van der Waals surface area contributed by atoms with Crippen LogP contribution in [-0.4, -0.2) is 58.1 Å². The molecule has 0 radical (unpaired) electrons. The molecular weight excluding hydrogens is 360 g/mol. The largest absolute Gasteiger partial charge is 0.354 e. The van der Waals surface area contributed by atoms with Gasteiger partial charge in [0.1, 0.15) is 11.5 Å². The van der Waals surface area contributed by atoms with Crippen LogP contribution in [0.2, 0.25) is 0 Å². The van der Waals surface area contributed by atoms with Gasteiger partial charge in [-0.25, -0.2) is 9.97 Å². The summed E-state index contributed by atoms with van der Waals surface area (Å²) < 4.78 is 0. The molecule has 0 saturated carbocycles. The Labute approximate surface area is 170 Å². The van der Waals surface area contributed by atoms with E-state index < -0.39 is 0 Å². The molecule has 1 N–H and O–H groups in total. The minimum absolute atomic E-state index is 0.892. The van der Waals surface area contributed by atoms with Crippen LogP contribution in [-0.2, 0) is 0 Å². The summed E-state index contributed by atoms with van der Waals surface area (Å²) in [6.07, 6.45) is 7.68. The summed E-state index contributed by atoms with van der Waals surface area (Å²) >= 11 is 0. The lowest BCUT2D eigenvalue weighted by Gasteiger charge is -2.33. The van der Waals surface area contributed by atoms with Crippen LogP contribution in [0, 0.1) is 6.92 Å². The van der Waals surface area contributed by atoms with Crippen LogP contribution < -0.4 is 4.90 Å². The smallest absolute Gasteiger partial charge is 0.137 e. The SMILES string of the molecule is Cc1ncccc1-c1cnc2[nH]cc(-c3ccnc(N4CCN(C)CC4)c3)c2c1. The van der Waals surface area contributed by atoms with E-state index in [0.717, 1.165) is 71.0 Å². The van der Waals surface area contributed by atoms with Gasteiger partial charge in [-0.05, 0) is 43.8 Å². The highest BCUT2D eigenvalue weighted by molar-refractivity contribution is 5.96. The average Bonchev–Trinajstić information content (AvgIpc) is 3.18. The highest BCUT2D eigenvalue weighted by Crippen LogP contribution is 2.32. The van der Waals surface area contributed by atoms with E-state index in [1.54, 1.807) is 0 Å². The molecule has 29 heavy (non-hydrogen) atoms. The number of hydrogen-bond donors (Lipinski definition) is 1. The molecule has 0 amide bonds. The van der Waals surface area contributed by atoms with Gasteiger partial charge < -0.3 is 14.8 Å². The lowest BCUT2D eigenvalue weighted by Crippen LogP contribution is -2.44. The first kappa shape index (κ1) is 17.8. The molecule has 4 aromatic rings. The van der Waals surface area contributed by atoms with E-state index in [0.29, 0.717) is 0 Å². The van der Waals surface area contributed by atoms with Crippen molar-refractivity contribution in [2.45, 2.75) is 6.92 Å². The van der Waals surface area contributed by atoms with Crippen LogP contribution in [0.5, 0.6) is 0 Å². The minimum atomic E-state index is 0.892. The van der Waals surface area contributed by atoms with Crippen LogP contribution in [0.4, 0.5) is 5.82 Å². The normalized spacial score (nSPS) is 15.2. The molecule has 6 heteroatoms. The molecule has 5 rings (SSSR count). The summed E-state index contributed by atoms with van der Waals surface area (Å²) in [4.78, 5) is 21.7. The number of aromatic amines is 1. The highest BCUT2D eigenvalue weighted by atomic mass is 15.3. The quantitative estimate of drug-likeness (QED) is 0.583. The molecule has 1 fully saturated rings. The molecule has 6 nitrogen and oxygen atoms in total. The fourth-order valence-corrected chi connectivity index (χ4v) is 3.97. The van der Waals surface area contributed by atoms with Crippen LogP contribution in [0.3, 0.4) is 0 Å². The van der Waals surface area contributed by atoms with E-state index in [1.165, 1.54) is 0 Å². The average molecular weight is 384 g/mol. The van der Waals surface area contributed by atoms with Crippen molar-refractivity contribution < 1.29 is 0 Å². The van der Waals surface area contributed by atoms with Crippen molar-refractivity contribution in [2.24, 2.45) is 0 Å². The van der Waals surface area contributed by atoms with Gasteiger partial charge in [-0.1, -0.05) is 6.07 Å². The van der Waals surface area contributed by atoms with Crippen LogP contribution in [0.1, 0.15) is 5.69 Å². The van der Waals surface area contributed by atoms with E-state index in [1.807, 2.05) is 37.8 Å². The molecule has 0 atom stereocenters. The first-order valence-electron chi connectivity index (χ1n) is 9.98. The third kappa shape index (κ3) is 3.36. The van der Waals surface area contributed by atoms with Gasteiger partial charge in [-0.3, -0.25) is 4.98 Å². The third-order valence-electron chi connectivity index (χ3n) is 5.73. The Hall–Kier alpha value is -3.25. The number of nitrogens with zero attached hydrogens (tertiary/aromatic N) is 5. The van der Waals surface area contributed by atoms with E-state index in [2.05, 4.69) is 61.0 Å². The van der Waals surface area contributed by atoms with Gasteiger partial charge >= 0.3 is 0 Å². The molecule has 5 heterocycles. The summed E-state index contributed by atoms with van der Waals surface area (Å²) in [5.74, 6) is 1.04. The van der Waals surface area contributed by atoms with Crippen LogP contribution in [0.15, 0.2) is 55.1 Å². The summed E-state index contributed by atoms with van der Waals surface area (Å²) in [6.45, 7) is 6.18. The number of pyridine rings is 3. The number of likely N-dealkylation sites (N-methyl/N-ethyl adjacent to an activating group) is 1. The lowest BCUT2D eigenvalue weighted by atomic mass is 10.0. The molecule has 0 aromatic carbocycles. The molecule has 1 saturated heterocycles. The number of fused-ring (bicyclic) bond motifs is 1. The maximum absolute atomic E-state index is 4.65. The molecule has 1 aliphatic rings. The highest BCUT2D eigenvalue weighted by Gasteiger charge is 2.17. The van der Waals surface area contributed by atoms with Gasteiger partial charge in [0, 0.05) is 78.7 Å². The van der Waals surface area contributed by atoms with E-state index in [-0.39, 0.29) is 0 Å². The Balaban J connectivity index is 1.55. The molecule has 0 unspecified atom stereocenters. The number of aromatic nitrogens is 4. The van der Waals surface area contributed by atoms with Crippen molar-refractivity contribution >= 4 is 16.9 Å². The lowest BCUT2D eigenvalue weighted by molar-refractivity contribution is 0.312. The second-order valence-electron chi connectivity index (χ2n) is 7.65. The Kier molecular flexibility index (Phi) is 4.48. The monoisotopic (exact) mass is 384 g/mol. The fraction of sp³-hybridized carbons (Fsp3) is 0.261. The Bertz CT molecular complexity index is 1160. The minimum Gasteiger partial charge on any atom is -0.354 e. The first-order chi connectivity index (χ1) is 14.2. The van der Waals surface area contributed by atoms with Crippen molar-refractivity contribution in [1.82, 2.24) is 24.8 Å². The van der Waals surface area contributed by atoms with Crippen molar-refractivity contribution in [1.29, 1.82) is 0 Å². The third-order valence-corrected chi connectivity index (χ3v) is 5.73. The van der Waals surface area contributed by atoms with Crippen molar-refractivity contribution in [2.75, 3.05) is 38.1 Å². The molecular formula is C23H24N6. The maximum atomic E-state index is 4.65. The summed E-state index contributed by atoms with van der Waals surface area (Å²) in [7, 11) is 2.17. The Morgan fingerprint density at radius 3 is 2.59 bits per heavy atom. The Morgan fingerprint density at radius 2 is 1.76 bits per heavy atom. The van der Waals surface area contributed by atoms with Gasteiger partial charge in [-0.2, -0.15) is 0 Å². The van der Waals surface area contributed by atoms with Gasteiger partial charge in [0.25, 0.3) is 0 Å². The van der Waals surface area contributed by atoms with Gasteiger partial charge in [-0.15, -0.1) is 0 Å². The summed E-state index contributed by atoms with van der Waals surface area (Å²) in [6, 6.07) is 10.5. The molecule has 0 bridgehead atoms. The Morgan fingerprint density at radius 1 is 0.897 bits per heavy atom. The zero-order chi connectivity index (χ0) is 19.8. The molecule has 4 aromatic heterocycles. The number of rotatable bonds is 3. The number of nitrogens with one attached hydrogen (secondary N) is 1. The van der Waals surface area contributed by atoms with Crippen molar-refractivity contribution in [3.63, 3.8) is 0 Å². The van der Waals surface area contributed by atoms with Gasteiger partial charge in [0.2, 0.25) is 0 Å². The van der Waals surface area contributed by atoms with Crippen molar-refractivity contribution in [3.05, 3.63) is 60.8 Å². The van der Waals surface area contributed by atoms with E-state index >= 15 is 0 Å². The first-order valence-corrected chi connectivity index (χ1v) is 9.98. The van der Waals surface area contributed by atoms with Crippen LogP contribution in [0.25, 0.3) is 33.3 Å². The number of hydrogen-bond acceptors (Lipinski definition) is 5. The summed E-state index contributed by atoms with van der Waals surface area (Å²) in [5.41, 5.74) is 6.39. The predicted octanol–water partition coefficient (Wildman–Crippen LogP) is 3.75. The molecule has 1 aliphatic heterocycles. The standard InChI is InChI=1S/C23H24N6/c1-16-19(4-3-6-24-16)18-12-20-21(15-27-23(20)26-14-18)17-5-7-25-22(13-17)29-10-8-28(2)9-11-29/h3-7,12-15H,8-11H2,1-2H3,(H,26,27). The maximum Gasteiger partial charge on any atom is 0.137 e. The van der Waals surface area contributed by atoms with E-state index in [9.17, 15) is 0 Å². The molecule has 146 valence electrons. The zero-order valence-electron chi connectivity index (χ0n) is 16.8. The molecule has 0 aliphatic carbocycles. The second kappa shape index (κ2) is 7.29. The van der Waals surface area contributed by atoms with E-state index in [4.69, 9.17) is 0 Å². The van der Waals surface area contributed by atoms with Gasteiger partial charge in [0.15, 0.2) is 0 Å². The number of piperazine rings is 1. The van der Waals surface area contributed by atoms with Crippen molar-refractivity contribution in [3.8, 4) is 22.3 Å². The summed E-state index contributed by atoms with van der Waals surface area (Å²) in [5, 5.41) is 1.11. The predicted molar refractivity (Wildman–Crippen MR) is 117 cm³/mol. The fourth-order valence-electron chi connectivity index (χ4n) is 3.97. The van der Waals surface area contributed by atoms with Crippen LogP contribution >= 0.6 is 0 Å². The topological polar surface area (TPSA) is 60.9 Å². The second-order valence-corrected chi connectivity index (χ2v) is 7.65. The molecule has 0 spiro atoms.